The average Bonchev–Trinajstić information content (AvgIpc) is 2.71. The Morgan fingerprint density at radius 2 is 1.86 bits per heavy atom. The molecule has 82 valence electrons. The first-order chi connectivity index (χ1) is 6.74. The van der Waals surface area contributed by atoms with E-state index in [2.05, 4.69) is 6.92 Å². The Kier molecular flexibility index (Phi) is 3.16. The zero-order valence-corrected chi connectivity index (χ0v) is 9.47. The molecule has 0 heterocycles. The second kappa shape index (κ2) is 4.22. The molecule has 0 amide bonds. The lowest BCUT2D eigenvalue weighted by atomic mass is 9.70. The molecule has 0 spiro atoms. The fourth-order valence-electron chi connectivity index (χ4n) is 3.58. The van der Waals surface area contributed by atoms with Gasteiger partial charge in [0.1, 0.15) is 0 Å². The molecule has 0 aromatic rings. The van der Waals surface area contributed by atoms with Crippen molar-refractivity contribution in [3.8, 4) is 0 Å². The first-order valence-electron chi connectivity index (χ1n) is 6.47. The predicted molar refractivity (Wildman–Crippen MR) is 59.2 cm³/mol. The van der Waals surface area contributed by atoms with Gasteiger partial charge in [-0.1, -0.05) is 39.0 Å². The highest BCUT2D eigenvalue weighted by molar-refractivity contribution is 4.93. The minimum Gasteiger partial charge on any atom is -0.390 e. The molecule has 0 aliphatic heterocycles. The number of aliphatic hydroxyl groups is 1. The lowest BCUT2D eigenvalue weighted by Gasteiger charge is -2.41. The zero-order valence-electron chi connectivity index (χ0n) is 9.47. The predicted octanol–water partition coefficient (Wildman–Crippen LogP) is 3.51. The number of hydrogen-bond donors (Lipinski definition) is 1. The monoisotopic (exact) mass is 196 g/mol. The number of hydrogen-bond acceptors (Lipinski definition) is 1. The summed E-state index contributed by atoms with van der Waals surface area (Å²) in [5.41, 5.74) is -0.268. The summed E-state index contributed by atoms with van der Waals surface area (Å²) in [6.45, 7) is 2.27. The van der Waals surface area contributed by atoms with E-state index in [1.54, 1.807) is 0 Å². The lowest BCUT2D eigenvalue weighted by Crippen LogP contribution is -2.41. The van der Waals surface area contributed by atoms with Gasteiger partial charge in [-0.2, -0.15) is 0 Å². The van der Waals surface area contributed by atoms with Gasteiger partial charge in [0.15, 0.2) is 0 Å². The van der Waals surface area contributed by atoms with Gasteiger partial charge in [0.05, 0.1) is 5.60 Å². The molecule has 0 aromatic heterocycles. The van der Waals surface area contributed by atoms with Crippen LogP contribution in [0.15, 0.2) is 0 Å². The van der Waals surface area contributed by atoms with Crippen molar-refractivity contribution < 1.29 is 5.11 Å². The van der Waals surface area contributed by atoms with Gasteiger partial charge in [-0.15, -0.1) is 0 Å². The Morgan fingerprint density at radius 1 is 1.14 bits per heavy atom. The van der Waals surface area contributed by atoms with Crippen molar-refractivity contribution in [2.75, 3.05) is 0 Å². The minimum atomic E-state index is -0.268. The van der Waals surface area contributed by atoms with Gasteiger partial charge in [0, 0.05) is 0 Å². The normalized spacial score (nSPS) is 40.3. The van der Waals surface area contributed by atoms with Crippen LogP contribution in [0, 0.1) is 11.8 Å². The Bertz CT molecular complexity index is 184. The van der Waals surface area contributed by atoms with Crippen LogP contribution in [0.5, 0.6) is 0 Å². The third kappa shape index (κ3) is 1.98. The molecule has 0 saturated heterocycles. The molecule has 0 radical (unpaired) electrons. The Balaban J connectivity index is 1.98. The SMILES string of the molecule is CCC1CCCC(O)(C2CCCC2)C1. The Hall–Kier alpha value is -0.0400. The number of rotatable bonds is 2. The molecule has 2 atom stereocenters. The summed E-state index contributed by atoms with van der Waals surface area (Å²) < 4.78 is 0. The highest BCUT2D eigenvalue weighted by Gasteiger charge is 2.41. The summed E-state index contributed by atoms with van der Waals surface area (Å²) in [5.74, 6) is 1.44. The van der Waals surface area contributed by atoms with Crippen LogP contribution >= 0.6 is 0 Å². The smallest absolute Gasteiger partial charge is 0.0678 e. The van der Waals surface area contributed by atoms with Crippen LogP contribution in [0.4, 0.5) is 0 Å². The quantitative estimate of drug-likeness (QED) is 0.716. The maximum atomic E-state index is 10.7. The van der Waals surface area contributed by atoms with E-state index in [-0.39, 0.29) is 5.60 Å². The van der Waals surface area contributed by atoms with Crippen molar-refractivity contribution in [2.24, 2.45) is 11.8 Å². The molecule has 1 heteroatoms. The molecule has 2 saturated carbocycles. The van der Waals surface area contributed by atoms with E-state index in [1.165, 1.54) is 44.9 Å². The summed E-state index contributed by atoms with van der Waals surface area (Å²) in [6, 6.07) is 0. The molecule has 2 aliphatic carbocycles. The van der Waals surface area contributed by atoms with E-state index in [0.29, 0.717) is 5.92 Å². The average molecular weight is 196 g/mol. The minimum absolute atomic E-state index is 0.268. The third-order valence-corrected chi connectivity index (χ3v) is 4.56. The van der Waals surface area contributed by atoms with Crippen LogP contribution in [-0.2, 0) is 0 Å². The first kappa shape index (κ1) is 10.5. The molecule has 1 nitrogen and oxygen atoms in total. The van der Waals surface area contributed by atoms with Crippen molar-refractivity contribution in [3.63, 3.8) is 0 Å². The van der Waals surface area contributed by atoms with Crippen LogP contribution in [0.3, 0.4) is 0 Å². The van der Waals surface area contributed by atoms with Crippen molar-refractivity contribution in [2.45, 2.75) is 70.3 Å². The molecule has 0 bridgehead atoms. The van der Waals surface area contributed by atoms with Crippen LogP contribution in [0.1, 0.15) is 64.7 Å². The summed E-state index contributed by atoms with van der Waals surface area (Å²) in [5, 5.41) is 10.7. The van der Waals surface area contributed by atoms with Crippen molar-refractivity contribution in [1.29, 1.82) is 0 Å². The zero-order chi connectivity index (χ0) is 10.0. The second-order valence-corrected chi connectivity index (χ2v) is 5.46. The molecule has 2 aliphatic rings. The summed E-state index contributed by atoms with van der Waals surface area (Å²) >= 11 is 0. The Labute approximate surface area is 87.9 Å². The summed E-state index contributed by atoms with van der Waals surface area (Å²) in [6.07, 6.45) is 11.3. The van der Waals surface area contributed by atoms with E-state index in [0.717, 1.165) is 18.8 Å². The van der Waals surface area contributed by atoms with Gasteiger partial charge < -0.3 is 5.11 Å². The van der Waals surface area contributed by atoms with Crippen LogP contribution in [0.25, 0.3) is 0 Å². The largest absolute Gasteiger partial charge is 0.390 e. The maximum Gasteiger partial charge on any atom is 0.0678 e. The van der Waals surface area contributed by atoms with Gasteiger partial charge in [0.2, 0.25) is 0 Å². The van der Waals surface area contributed by atoms with Crippen LogP contribution < -0.4 is 0 Å². The summed E-state index contributed by atoms with van der Waals surface area (Å²) in [4.78, 5) is 0. The highest BCUT2D eigenvalue weighted by atomic mass is 16.3. The first-order valence-corrected chi connectivity index (χ1v) is 6.47. The molecule has 0 aromatic carbocycles. The van der Waals surface area contributed by atoms with E-state index >= 15 is 0 Å². The van der Waals surface area contributed by atoms with E-state index in [9.17, 15) is 5.11 Å². The maximum absolute atomic E-state index is 10.7. The van der Waals surface area contributed by atoms with Gasteiger partial charge in [-0.25, -0.2) is 0 Å². The fraction of sp³-hybridized carbons (Fsp3) is 1.00. The van der Waals surface area contributed by atoms with Gasteiger partial charge in [0.25, 0.3) is 0 Å². The van der Waals surface area contributed by atoms with Crippen molar-refractivity contribution >= 4 is 0 Å². The third-order valence-electron chi connectivity index (χ3n) is 4.56. The van der Waals surface area contributed by atoms with Gasteiger partial charge in [-0.3, -0.25) is 0 Å². The van der Waals surface area contributed by atoms with Gasteiger partial charge >= 0.3 is 0 Å². The van der Waals surface area contributed by atoms with Crippen LogP contribution in [-0.4, -0.2) is 10.7 Å². The molecular weight excluding hydrogens is 172 g/mol. The second-order valence-electron chi connectivity index (χ2n) is 5.46. The van der Waals surface area contributed by atoms with Crippen molar-refractivity contribution in [1.82, 2.24) is 0 Å². The standard InChI is InChI=1S/C13H24O/c1-2-11-6-5-9-13(14,10-11)12-7-3-4-8-12/h11-12,14H,2-10H2,1H3. The van der Waals surface area contributed by atoms with Crippen molar-refractivity contribution in [3.05, 3.63) is 0 Å². The molecule has 2 rings (SSSR count). The highest BCUT2D eigenvalue weighted by Crippen LogP contribution is 2.44. The van der Waals surface area contributed by atoms with E-state index in [1.807, 2.05) is 0 Å². The lowest BCUT2D eigenvalue weighted by molar-refractivity contribution is -0.0636. The summed E-state index contributed by atoms with van der Waals surface area (Å²) in [7, 11) is 0. The molecule has 1 N–H and O–H groups in total. The molecule has 2 fully saturated rings. The van der Waals surface area contributed by atoms with Crippen LogP contribution in [0.2, 0.25) is 0 Å². The molecular formula is C13H24O. The molecule has 2 unspecified atom stereocenters. The fourth-order valence-corrected chi connectivity index (χ4v) is 3.58. The Morgan fingerprint density at radius 3 is 2.50 bits per heavy atom. The molecule has 14 heavy (non-hydrogen) atoms. The topological polar surface area (TPSA) is 20.2 Å². The van der Waals surface area contributed by atoms with Gasteiger partial charge in [-0.05, 0) is 37.5 Å². The van der Waals surface area contributed by atoms with E-state index < -0.39 is 0 Å². The van der Waals surface area contributed by atoms with E-state index in [4.69, 9.17) is 0 Å².